The number of pyridine rings is 1. The summed E-state index contributed by atoms with van der Waals surface area (Å²) in [5, 5.41) is 7.78. The molecule has 0 saturated carbocycles. The fourth-order valence-corrected chi connectivity index (χ4v) is 3.09. The first kappa shape index (κ1) is 16.9. The van der Waals surface area contributed by atoms with Crippen molar-refractivity contribution in [2.45, 2.75) is 0 Å². The zero-order chi connectivity index (χ0) is 19.6. The van der Waals surface area contributed by atoms with Gasteiger partial charge in [0.05, 0.1) is 28.6 Å². The van der Waals surface area contributed by atoms with Crippen LogP contribution in [-0.4, -0.2) is 21.0 Å². The standard InChI is InChI=1S/C22H14N4O3/c27-21(16-9-3-6-14-7-4-12-23-19(14)16)24-17-10-2-1-8-15(17)22-25-20(26-29-22)18-11-5-13-28-18/h1-13H,(H,24,27). The van der Waals surface area contributed by atoms with Crippen LogP contribution in [0.1, 0.15) is 10.4 Å². The Morgan fingerprint density at radius 3 is 2.72 bits per heavy atom. The average molecular weight is 382 g/mol. The van der Waals surface area contributed by atoms with Crippen LogP contribution in [0.25, 0.3) is 33.9 Å². The molecule has 0 aliphatic carbocycles. The second-order valence-corrected chi connectivity index (χ2v) is 6.28. The molecular weight excluding hydrogens is 368 g/mol. The lowest BCUT2D eigenvalue weighted by Crippen LogP contribution is -2.13. The van der Waals surface area contributed by atoms with E-state index in [9.17, 15) is 4.79 Å². The molecule has 2 aromatic carbocycles. The van der Waals surface area contributed by atoms with Crippen LogP contribution in [-0.2, 0) is 0 Å². The van der Waals surface area contributed by atoms with Gasteiger partial charge in [-0.1, -0.05) is 35.5 Å². The molecule has 0 aliphatic heterocycles. The van der Waals surface area contributed by atoms with E-state index in [2.05, 4.69) is 20.4 Å². The Morgan fingerprint density at radius 1 is 0.931 bits per heavy atom. The fraction of sp³-hybridized carbons (Fsp3) is 0. The highest BCUT2D eigenvalue weighted by atomic mass is 16.5. The number of furan rings is 1. The number of fused-ring (bicyclic) bond motifs is 1. The van der Waals surface area contributed by atoms with Crippen LogP contribution in [0.4, 0.5) is 5.69 Å². The molecule has 7 nitrogen and oxygen atoms in total. The maximum atomic E-state index is 13.0. The second-order valence-electron chi connectivity index (χ2n) is 6.28. The van der Waals surface area contributed by atoms with Gasteiger partial charge in [-0.2, -0.15) is 4.98 Å². The molecule has 1 amide bonds. The molecule has 29 heavy (non-hydrogen) atoms. The number of rotatable bonds is 4. The van der Waals surface area contributed by atoms with Crippen molar-refractivity contribution in [2.75, 3.05) is 5.32 Å². The van der Waals surface area contributed by atoms with Gasteiger partial charge in [-0.3, -0.25) is 9.78 Å². The van der Waals surface area contributed by atoms with Crippen LogP contribution < -0.4 is 5.32 Å². The highest BCUT2D eigenvalue weighted by Crippen LogP contribution is 2.29. The number of nitrogens with one attached hydrogen (secondary N) is 1. The lowest BCUT2D eigenvalue weighted by molar-refractivity contribution is 0.102. The molecule has 3 aromatic heterocycles. The van der Waals surface area contributed by atoms with E-state index >= 15 is 0 Å². The van der Waals surface area contributed by atoms with Crippen molar-refractivity contribution in [1.29, 1.82) is 0 Å². The maximum Gasteiger partial charge on any atom is 0.260 e. The van der Waals surface area contributed by atoms with Crippen molar-refractivity contribution in [3.63, 3.8) is 0 Å². The van der Waals surface area contributed by atoms with Gasteiger partial charge in [0.15, 0.2) is 5.76 Å². The molecule has 0 spiro atoms. The van der Waals surface area contributed by atoms with Crippen LogP contribution >= 0.6 is 0 Å². The molecule has 5 aromatic rings. The highest BCUT2D eigenvalue weighted by Gasteiger charge is 2.18. The fourth-order valence-electron chi connectivity index (χ4n) is 3.09. The van der Waals surface area contributed by atoms with Crippen LogP contribution in [0.3, 0.4) is 0 Å². The van der Waals surface area contributed by atoms with E-state index in [1.807, 2.05) is 36.4 Å². The Labute approximate surface area is 165 Å². The number of nitrogens with zero attached hydrogens (tertiary/aromatic N) is 3. The second kappa shape index (κ2) is 7.05. The zero-order valence-electron chi connectivity index (χ0n) is 15.1. The summed E-state index contributed by atoms with van der Waals surface area (Å²) in [5.41, 5.74) is 2.29. The normalized spacial score (nSPS) is 10.9. The number of carbonyl (C=O) groups excluding carboxylic acids is 1. The number of anilines is 1. The molecule has 140 valence electrons. The van der Waals surface area contributed by atoms with E-state index in [1.165, 1.54) is 6.26 Å². The molecule has 0 unspecified atom stereocenters. The number of para-hydroxylation sites is 2. The predicted octanol–water partition coefficient (Wildman–Crippen LogP) is 4.80. The first-order valence-electron chi connectivity index (χ1n) is 8.92. The van der Waals surface area contributed by atoms with E-state index in [1.54, 1.807) is 36.5 Å². The highest BCUT2D eigenvalue weighted by molar-refractivity contribution is 6.12. The summed E-state index contributed by atoms with van der Waals surface area (Å²) in [5.74, 6) is 0.851. The molecule has 0 radical (unpaired) electrons. The Morgan fingerprint density at radius 2 is 1.83 bits per heavy atom. The summed E-state index contributed by atoms with van der Waals surface area (Å²) >= 11 is 0. The number of amides is 1. The van der Waals surface area contributed by atoms with Gasteiger partial charge in [-0.05, 0) is 36.4 Å². The first-order chi connectivity index (χ1) is 14.3. The van der Waals surface area contributed by atoms with E-state index in [4.69, 9.17) is 8.94 Å². The molecular formula is C22H14N4O3. The van der Waals surface area contributed by atoms with Crippen LogP contribution in [0.2, 0.25) is 0 Å². The molecule has 7 heteroatoms. The van der Waals surface area contributed by atoms with Gasteiger partial charge in [-0.15, -0.1) is 0 Å². The monoisotopic (exact) mass is 382 g/mol. The predicted molar refractivity (Wildman–Crippen MR) is 107 cm³/mol. The van der Waals surface area contributed by atoms with Crippen LogP contribution in [0.5, 0.6) is 0 Å². The lowest BCUT2D eigenvalue weighted by atomic mass is 10.1. The summed E-state index contributed by atoms with van der Waals surface area (Å²) in [6.45, 7) is 0. The minimum absolute atomic E-state index is 0.271. The molecule has 0 atom stereocenters. The van der Waals surface area contributed by atoms with Gasteiger partial charge < -0.3 is 14.3 Å². The number of aromatic nitrogens is 3. The number of carbonyl (C=O) groups is 1. The molecule has 0 bridgehead atoms. The summed E-state index contributed by atoms with van der Waals surface area (Å²) in [6.07, 6.45) is 3.21. The summed E-state index contributed by atoms with van der Waals surface area (Å²) in [6, 6.07) is 20.0. The van der Waals surface area contributed by atoms with E-state index in [0.717, 1.165) is 5.39 Å². The number of hydrogen-bond donors (Lipinski definition) is 1. The van der Waals surface area contributed by atoms with Crippen molar-refractivity contribution in [3.8, 4) is 23.0 Å². The number of hydrogen-bond acceptors (Lipinski definition) is 6. The Bertz CT molecular complexity index is 1300. The summed E-state index contributed by atoms with van der Waals surface area (Å²) in [7, 11) is 0. The van der Waals surface area contributed by atoms with Crippen LogP contribution in [0, 0.1) is 0 Å². The summed E-state index contributed by atoms with van der Waals surface area (Å²) < 4.78 is 10.7. The number of benzene rings is 2. The third kappa shape index (κ3) is 3.14. The Balaban J connectivity index is 1.49. The smallest absolute Gasteiger partial charge is 0.260 e. The van der Waals surface area contributed by atoms with E-state index in [0.29, 0.717) is 33.9 Å². The minimum atomic E-state index is -0.271. The average Bonchev–Trinajstić information content (AvgIpc) is 3.45. The zero-order valence-corrected chi connectivity index (χ0v) is 15.1. The van der Waals surface area contributed by atoms with Crippen molar-refractivity contribution in [2.24, 2.45) is 0 Å². The SMILES string of the molecule is O=C(Nc1ccccc1-c1nc(-c2ccco2)no1)c1cccc2cccnc12. The third-order valence-corrected chi connectivity index (χ3v) is 4.45. The van der Waals surface area contributed by atoms with Crippen molar-refractivity contribution in [3.05, 3.63) is 84.8 Å². The molecule has 1 N–H and O–H groups in total. The minimum Gasteiger partial charge on any atom is -0.461 e. The van der Waals surface area contributed by atoms with Gasteiger partial charge in [0.1, 0.15) is 0 Å². The molecule has 5 rings (SSSR count). The van der Waals surface area contributed by atoms with Gasteiger partial charge >= 0.3 is 0 Å². The molecule has 0 fully saturated rings. The third-order valence-electron chi connectivity index (χ3n) is 4.45. The van der Waals surface area contributed by atoms with Crippen molar-refractivity contribution >= 4 is 22.5 Å². The lowest BCUT2D eigenvalue weighted by Gasteiger charge is -2.10. The van der Waals surface area contributed by atoms with Gasteiger partial charge in [-0.25, -0.2) is 0 Å². The van der Waals surface area contributed by atoms with Crippen molar-refractivity contribution in [1.82, 2.24) is 15.1 Å². The maximum absolute atomic E-state index is 13.0. The first-order valence-corrected chi connectivity index (χ1v) is 8.92. The van der Waals surface area contributed by atoms with Gasteiger partial charge in [0.25, 0.3) is 11.8 Å². The van der Waals surface area contributed by atoms with Crippen LogP contribution in [0.15, 0.2) is 88.1 Å². The Kier molecular flexibility index (Phi) is 4.10. The van der Waals surface area contributed by atoms with E-state index < -0.39 is 0 Å². The molecule has 3 heterocycles. The molecule has 0 aliphatic rings. The van der Waals surface area contributed by atoms with Gasteiger partial charge in [0.2, 0.25) is 5.82 Å². The Hall–Kier alpha value is -4.26. The van der Waals surface area contributed by atoms with Gasteiger partial charge in [0, 0.05) is 11.6 Å². The largest absolute Gasteiger partial charge is 0.461 e. The molecule has 0 saturated heterocycles. The van der Waals surface area contributed by atoms with E-state index in [-0.39, 0.29) is 11.8 Å². The topological polar surface area (TPSA) is 94.1 Å². The quantitative estimate of drug-likeness (QED) is 0.480. The van der Waals surface area contributed by atoms with Crippen molar-refractivity contribution < 1.29 is 13.7 Å². The summed E-state index contributed by atoms with van der Waals surface area (Å²) in [4.78, 5) is 21.7.